The lowest BCUT2D eigenvalue weighted by molar-refractivity contribution is -0.633. The van der Waals surface area contributed by atoms with Gasteiger partial charge in [-0.25, -0.2) is 0 Å². The number of rotatable bonds is 4. The van der Waals surface area contributed by atoms with Crippen LogP contribution in [0.25, 0.3) is 33.4 Å². The molecule has 0 radical (unpaired) electrons. The zero-order valence-corrected chi connectivity index (χ0v) is 18.8. The highest BCUT2D eigenvalue weighted by atomic mass is 14.9. The molecule has 2 aromatic heterocycles. The highest BCUT2D eigenvalue weighted by Crippen LogP contribution is 2.30. The molecule has 0 fully saturated rings. The smallest absolute Gasteiger partial charge is 0.213 e. The van der Waals surface area contributed by atoms with Crippen molar-refractivity contribution in [3.8, 4) is 22.5 Å². The highest BCUT2D eigenvalue weighted by Gasteiger charge is 2.19. The predicted octanol–water partition coefficient (Wildman–Crippen LogP) is 5.91. The molecular formula is C27H30N3+. The summed E-state index contributed by atoms with van der Waals surface area (Å²) >= 11 is 0. The van der Waals surface area contributed by atoms with E-state index in [1.807, 2.05) is 12.4 Å². The molecule has 0 saturated carbocycles. The van der Waals surface area contributed by atoms with Crippen LogP contribution in [0.5, 0.6) is 0 Å². The Morgan fingerprint density at radius 2 is 1.70 bits per heavy atom. The zero-order valence-electron chi connectivity index (χ0n) is 18.8. The van der Waals surface area contributed by atoms with Crippen LogP contribution in [0.4, 0.5) is 0 Å². The third-order valence-corrected chi connectivity index (χ3v) is 5.90. The summed E-state index contributed by atoms with van der Waals surface area (Å²) in [6, 6.07) is 15.4. The van der Waals surface area contributed by atoms with E-state index in [0.29, 0.717) is 5.92 Å². The molecular weight excluding hydrogens is 366 g/mol. The fourth-order valence-electron chi connectivity index (χ4n) is 4.24. The quantitative estimate of drug-likeness (QED) is 0.401. The van der Waals surface area contributed by atoms with Gasteiger partial charge in [-0.15, -0.1) is 0 Å². The molecule has 0 unspecified atom stereocenters. The van der Waals surface area contributed by atoms with E-state index in [9.17, 15) is 0 Å². The van der Waals surface area contributed by atoms with Crippen molar-refractivity contribution >= 4 is 10.9 Å². The predicted molar refractivity (Wildman–Crippen MR) is 124 cm³/mol. The number of nitrogens with zero attached hydrogens (tertiary/aromatic N) is 3. The summed E-state index contributed by atoms with van der Waals surface area (Å²) in [7, 11) is 2.15. The summed E-state index contributed by atoms with van der Waals surface area (Å²) in [5, 5.41) is 1.19. The molecule has 0 bridgehead atoms. The molecule has 0 aliphatic heterocycles. The van der Waals surface area contributed by atoms with Gasteiger partial charge in [0.15, 0.2) is 0 Å². The van der Waals surface area contributed by atoms with Crippen LogP contribution in [0.2, 0.25) is 0 Å². The van der Waals surface area contributed by atoms with Gasteiger partial charge in [0, 0.05) is 29.5 Å². The number of fused-ring (bicyclic) bond motifs is 1. The van der Waals surface area contributed by atoms with Crippen LogP contribution in [0.15, 0.2) is 54.9 Å². The van der Waals surface area contributed by atoms with Crippen molar-refractivity contribution in [2.45, 2.75) is 41.0 Å². The SMILES string of the molecule is Cc1cc(C)c(C)c(-c2ccc3c(-c4cnc(CC(C)C)cn4)cccc3[n+]2C)c1. The zero-order chi connectivity index (χ0) is 21.4. The Bertz CT molecular complexity index is 1220. The van der Waals surface area contributed by atoms with Gasteiger partial charge in [-0.3, -0.25) is 9.97 Å². The first-order valence-electron chi connectivity index (χ1n) is 10.7. The van der Waals surface area contributed by atoms with E-state index >= 15 is 0 Å². The fourth-order valence-corrected chi connectivity index (χ4v) is 4.24. The number of hydrogen-bond donors (Lipinski definition) is 0. The second-order valence-electron chi connectivity index (χ2n) is 8.76. The van der Waals surface area contributed by atoms with Crippen LogP contribution in [-0.4, -0.2) is 9.97 Å². The van der Waals surface area contributed by atoms with E-state index in [1.165, 1.54) is 38.9 Å². The standard InChI is InChI=1S/C27H30N3/c1-17(2)12-21-15-29-25(16-28-21)22-8-7-9-26-23(22)10-11-27(30(26)6)24-14-18(3)13-19(4)20(24)5/h7-11,13-17H,12H2,1-6H3/q+1. The number of aryl methyl sites for hydroxylation is 3. The van der Waals surface area contributed by atoms with E-state index < -0.39 is 0 Å². The molecule has 30 heavy (non-hydrogen) atoms. The van der Waals surface area contributed by atoms with E-state index in [0.717, 1.165) is 23.4 Å². The molecule has 4 rings (SSSR count). The van der Waals surface area contributed by atoms with Crippen LogP contribution in [0, 0.1) is 26.7 Å². The molecule has 3 nitrogen and oxygen atoms in total. The van der Waals surface area contributed by atoms with Crippen molar-refractivity contribution in [3.63, 3.8) is 0 Å². The van der Waals surface area contributed by atoms with Gasteiger partial charge in [0.05, 0.1) is 23.0 Å². The summed E-state index contributed by atoms with van der Waals surface area (Å²) in [5.41, 5.74) is 10.7. The molecule has 4 aromatic rings. The maximum Gasteiger partial charge on any atom is 0.213 e. The minimum atomic E-state index is 0.578. The minimum Gasteiger partial charge on any atom is -0.257 e. The summed E-state index contributed by atoms with van der Waals surface area (Å²) in [5.74, 6) is 0.578. The summed E-state index contributed by atoms with van der Waals surface area (Å²) in [6.45, 7) is 11.0. The molecule has 0 amide bonds. The van der Waals surface area contributed by atoms with E-state index in [1.54, 1.807) is 0 Å². The summed E-state index contributed by atoms with van der Waals surface area (Å²) in [4.78, 5) is 9.38. The first-order valence-corrected chi connectivity index (χ1v) is 10.7. The number of hydrogen-bond acceptors (Lipinski definition) is 2. The normalized spacial score (nSPS) is 11.4. The number of pyridine rings is 1. The molecule has 2 heterocycles. The average Bonchev–Trinajstić information content (AvgIpc) is 2.71. The lowest BCUT2D eigenvalue weighted by Gasteiger charge is -2.12. The third-order valence-electron chi connectivity index (χ3n) is 5.90. The highest BCUT2D eigenvalue weighted by molar-refractivity contribution is 5.92. The summed E-state index contributed by atoms with van der Waals surface area (Å²) < 4.78 is 2.29. The monoisotopic (exact) mass is 396 g/mol. The fraction of sp³-hybridized carbons (Fsp3) is 0.296. The van der Waals surface area contributed by atoms with Gasteiger partial charge < -0.3 is 0 Å². The van der Waals surface area contributed by atoms with Crippen molar-refractivity contribution < 1.29 is 4.57 Å². The second kappa shape index (κ2) is 7.98. The van der Waals surface area contributed by atoms with Gasteiger partial charge in [0.2, 0.25) is 11.2 Å². The molecule has 3 heteroatoms. The molecule has 0 N–H and O–H groups in total. The van der Waals surface area contributed by atoms with E-state index in [2.05, 4.69) is 93.7 Å². The number of aromatic nitrogens is 3. The third kappa shape index (κ3) is 3.72. The Morgan fingerprint density at radius 1 is 0.900 bits per heavy atom. The molecule has 0 atom stereocenters. The molecule has 0 saturated heterocycles. The van der Waals surface area contributed by atoms with Crippen LogP contribution >= 0.6 is 0 Å². The minimum absolute atomic E-state index is 0.578. The van der Waals surface area contributed by atoms with Gasteiger partial charge in [-0.1, -0.05) is 37.6 Å². The van der Waals surface area contributed by atoms with Crippen molar-refractivity contribution in [1.82, 2.24) is 9.97 Å². The Balaban J connectivity index is 1.84. The Labute approximate surface area is 179 Å². The Morgan fingerprint density at radius 3 is 2.40 bits per heavy atom. The largest absolute Gasteiger partial charge is 0.257 e. The topological polar surface area (TPSA) is 29.7 Å². The van der Waals surface area contributed by atoms with Crippen molar-refractivity contribution in [3.05, 3.63) is 77.2 Å². The summed E-state index contributed by atoms with van der Waals surface area (Å²) in [6.07, 6.45) is 4.78. The van der Waals surface area contributed by atoms with Crippen molar-refractivity contribution in [1.29, 1.82) is 0 Å². The van der Waals surface area contributed by atoms with Crippen LogP contribution in [0.1, 0.15) is 36.2 Å². The molecule has 2 aromatic carbocycles. The lowest BCUT2D eigenvalue weighted by Crippen LogP contribution is -2.32. The van der Waals surface area contributed by atoms with Crippen molar-refractivity contribution in [2.75, 3.05) is 0 Å². The van der Waals surface area contributed by atoms with Crippen LogP contribution in [0.3, 0.4) is 0 Å². The van der Waals surface area contributed by atoms with Crippen LogP contribution in [-0.2, 0) is 13.5 Å². The molecule has 0 aliphatic carbocycles. The Kier molecular flexibility index (Phi) is 5.38. The first-order chi connectivity index (χ1) is 14.3. The molecule has 152 valence electrons. The van der Waals surface area contributed by atoms with Gasteiger partial charge in [0.25, 0.3) is 0 Å². The maximum absolute atomic E-state index is 4.73. The van der Waals surface area contributed by atoms with Crippen LogP contribution < -0.4 is 4.57 Å². The van der Waals surface area contributed by atoms with Crippen molar-refractivity contribution in [2.24, 2.45) is 13.0 Å². The Hall–Kier alpha value is -3.07. The average molecular weight is 397 g/mol. The van der Waals surface area contributed by atoms with E-state index in [-0.39, 0.29) is 0 Å². The number of benzene rings is 2. The van der Waals surface area contributed by atoms with E-state index in [4.69, 9.17) is 4.98 Å². The van der Waals surface area contributed by atoms with Gasteiger partial charge in [-0.05, 0) is 56.4 Å². The van der Waals surface area contributed by atoms with Gasteiger partial charge >= 0.3 is 0 Å². The molecule has 0 spiro atoms. The molecule has 0 aliphatic rings. The van der Waals surface area contributed by atoms with Gasteiger partial charge in [-0.2, -0.15) is 4.57 Å². The maximum atomic E-state index is 4.73. The lowest BCUT2D eigenvalue weighted by atomic mass is 9.96. The first kappa shape index (κ1) is 20.2. The second-order valence-corrected chi connectivity index (χ2v) is 8.76. The van der Waals surface area contributed by atoms with Gasteiger partial charge in [0.1, 0.15) is 7.05 Å².